The largest absolute Gasteiger partial charge is 0.490 e. The van der Waals surface area contributed by atoms with Crippen molar-refractivity contribution >= 4 is 11.9 Å². The van der Waals surface area contributed by atoms with Crippen LogP contribution in [0.25, 0.3) is 0 Å². The molecule has 0 saturated carbocycles. The first-order valence-electron chi connectivity index (χ1n) is 4.41. The zero-order valence-corrected chi connectivity index (χ0v) is 9.06. The van der Waals surface area contributed by atoms with E-state index in [0.717, 1.165) is 13.8 Å². The molecule has 0 aliphatic carbocycles. The number of carbonyl (C=O) groups excluding carboxylic acids is 2. The van der Waals surface area contributed by atoms with Crippen LogP contribution in [0.4, 0.5) is 26.3 Å². The molecule has 106 valence electrons. The highest BCUT2D eigenvalue weighted by atomic mass is 19.4. The molecule has 4 nitrogen and oxygen atoms in total. The van der Waals surface area contributed by atoms with Crippen LogP contribution < -0.4 is 0 Å². The standard InChI is InChI=1S/C8H8F6O4/c1-3(17-5(15)7(9,10)11)4(2)18-6(16)8(12,13)14/h3-4H,1-2H3. The molecular weight excluding hydrogens is 274 g/mol. The maximum absolute atomic E-state index is 11.8. The summed E-state index contributed by atoms with van der Waals surface area (Å²) in [5.41, 5.74) is 0. The first-order valence-corrected chi connectivity index (χ1v) is 4.41. The lowest BCUT2D eigenvalue weighted by molar-refractivity contribution is -0.219. The Morgan fingerprint density at radius 1 is 0.778 bits per heavy atom. The van der Waals surface area contributed by atoms with Crippen LogP contribution in [0.2, 0.25) is 0 Å². The molecule has 0 N–H and O–H groups in total. The van der Waals surface area contributed by atoms with E-state index in [0.29, 0.717) is 0 Å². The van der Waals surface area contributed by atoms with Gasteiger partial charge in [0, 0.05) is 0 Å². The van der Waals surface area contributed by atoms with Crippen LogP contribution in [0.5, 0.6) is 0 Å². The molecule has 0 heterocycles. The third kappa shape index (κ3) is 5.23. The summed E-state index contributed by atoms with van der Waals surface area (Å²) < 4.78 is 78.1. The van der Waals surface area contributed by atoms with Crippen LogP contribution in [0.3, 0.4) is 0 Å². The molecule has 18 heavy (non-hydrogen) atoms. The van der Waals surface area contributed by atoms with Gasteiger partial charge in [0.05, 0.1) is 0 Å². The quantitative estimate of drug-likeness (QED) is 0.586. The minimum atomic E-state index is -5.28. The molecule has 0 radical (unpaired) electrons. The number of hydrogen-bond donors (Lipinski definition) is 0. The van der Waals surface area contributed by atoms with Gasteiger partial charge in [0.15, 0.2) is 0 Å². The van der Waals surface area contributed by atoms with Gasteiger partial charge >= 0.3 is 24.3 Å². The van der Waals surface area contributed by atoms with Crippen molar-refractivity contribution in [2.75, 3.05) is 0 Å². The van der Waals surface area contributed by atoms with Crippen molar-refractivity contribution in [3.63, 3.8) is 0 Å². The van der Waals surface area contributed by atoms with E-state index in [1.54, 1.807) is 0 Å². The number of hydrogen-bond acceptors (Lipinski definition) is 4. The third-order valence-electron chi connectivity index (χ3n) is 1.71. The Balaban J connectivity index is 4.41. The highest BCUT2D eigenvalue weighted by Crippen LogP contribution is 2.21. The average molecular weight is 282 g/mol. The SMILES string of the molecule is CC(OC(=O)C(F)(F)F)C(C)OC(=O)C(F)(F)F. The van der Waals surface area contributed by atoms with E-state index in [-0.39, 0.29) is 0 Å². The fourth-order valence-electron chi connectivity index (χ4n) is 0.663. The lowest BCUT2D eigenvalue weighted by Crippen LogP contribution is -2.38. The van der Waals surface area contributed by atoms with Crippen molar-refractivity contribution in [2.24, 2.45) is 0 Å². The summed E-state index contributed by atoms with van der Waals surface area (Å²) in [6.45, 7) is 1.72. The molecule has 0 aromatic rings. The van der Waals surface area contributed by atoms with Gasteiger partial charge in [0.1, 0.15) is 12.2 Å². The summed E-state index contributed by atoms with van der Waals surface area (Å²) in [5.74, 6) is -5.16. The molecule has 10 heteroatoms. The van der Waals surface area contributed by atoms with Gasteiger partial charge in [-0.25, -0.2) is 9.59 Å². The monoisotopic (exact) mass is 282 g/mol. The van der Waals surface area contributed by atoms with E-state index in [9.17, 15) is 35.9 Å². The van der Waals surface area contributed by atoms with Crippen LogP contribution in [-0.4, -0.2) is 36.5 Å². The fraction of sp³-hybridized carbons (Fsp3) is 0.750. The van der Waals surface area contributed by atoms with Gasteiger partial charge in [-0.2, -0.15) is 26.3 Å². The normalized spacial score (nSPS) is 15.8. The fourth-order valence-corrected chi connectivity index (χ4v) is 0.663. The summed E-state index contributed by atoms with van der Waals surface area (Å²) in [5, 5.41) is 0. The summed E-state index contributed by atoms with van der Waals surface area (Å²) in [6.07, 6.45) is -13.9. The number of alkyl halides is 6. The molecule has 0 aliphatic rings. The van der Waals surface area contributed by atoms with Crippen molar-refractivity contribution in [2.45, 2.75) is 38.4 Å². The van der Waals surface area contributed by atoms with Gasteiger partial charge in [-0.3, -0.25) is 0 Å². The highest BCUT2D eigenvalue weighted by Gasteiger charge is 2.45. The summed E-state index contributed by atoms with van der Waals surface area (Å²) in [4.78, 5) is 20.7. The van der Waals surface area contributed by atoms with Gasteiger partial charge in [-0.1, -0.05) is 0 Å². The Hall–Kier alpha value is -1.48. The predicted molar refractivity (Wildman–Crippen MR) is 43.2 cm³/mol. The third-order valence-corrected chi connectivity index (χ3v) is 1.71. The van der Waals surface area contributed by atoms with Crippen LogP contribution in [0.1, 0.15) is 13.8 Å². The minimum Gasteiger partial charge on any atom is -0.452 e. The second-order valence-corrected chi connectivity index (χ2v) is 3.22. The Labute approximate surface area is 96.8 Å². The van der Waals surface area contributed by atoms with Crippen molar-refractivity contribution in [3.05, 3.63) is 0 Å². The van der Waals surface area contributed by atoms with E-state index < -0.39 is 36.5 Å². The van der Waals surface area contributed by atoms with Crippen molar-refractivity contribution in [3.8, 4) is 0 Å². The first-order chi connectivity index (χ1) is 7.85. The second-order valence-electron chi connectivity index (χ2n) is 3.22. The molecule has 2 unspecified atom stereocenters. The number of ether oxygens (including phenoxy) is 2. The molecule has 0 amide bonds. The maximum Gasteiger partial charge on any atom is 0.490 e. The smallest absolute Gasteiger partial charge is 0.452 e. The van der Waals surface area contributed by atoms with E-state index >= 15 is 0 Å². The molecule has 0 aliphatic heterocycles. The molecule has 0 saturated heterocycles. The van der Waals surface area contributed by atoms with Gasteiger partial charge in [-0.05, 0) is 13.8 Å². The van der Waals surface area contributed by atoms with Gasteiger partial charge in [0.2, 0.25) is 0 Å². The van der Waals surface area contributed by atoms with E-state index in [1.165, 1.54) is 0 Å². The molecule has 0 aromatic carbocycles. The van der Waals surface area contributed by atoms with E-state index in [4.69, 9.17) is 0 Å². The summed E-state index contributed by atoms with van der Waals surface area (Å²) >= 11 is 0. The Kier molecular flexibility index (Phi) is 4.99. The van der Waals surface area contributed by atoms with Crippen LogP contribution in [0, 0.1) is 0 Å². The molecule has 0 spiro atoms. The molecule has 0 rings (SSSR count). The number of carbonyl (C=O) groups is 2. The lowest BCUT2D eigenvalue weighted by atomic mass is 10.2. The second kappa shape index (κ2) is 5.44. The summed E-state index contributed by atoms with van der Waals surface area (Å²) in [7, 11) is 0. The van der Waals surface area contributed by atoms with Crippen LogP contribution in [0.15, 0.2) is 0 Å². The Morgan fingerprint density at radius 3 is 1.17 bits per heavy atom. The number of halogens is 6. The molecule has 2 atom stereocenters. The first kappa shape index (κ1) is 16.5. The van der Waals surface area contributed by atoms with E-state index in [1.807, 2.05) is 0 Å². The Bertz CT molecular complexity index is 289. The lowest BCUT2D eigenvalue weighted by Gasteiger charge is -2.21. The van der Waals surface area contributed by atoms with E-state index in [2.05, 4.69) is 9.47 Å². The molecule has 0 fully saturated rings. The van der Waals surface area contributed by atoms with Crippen molar-refractivity contribution in [1.29, 1.82) is 0 Å². The van der Waals surface area contributed by atoms with Crippen molar-refractivity contribution in [1.82, 2.24) is 0 Å². The van der Waals surface area contributed by atoms with Crippen molar-refractivity contribution < 1.29 is 45.4 Å². The molecular formula is C8H8F6O4. The maximum atomic E-state index is 11.8. The highest BCUT2D eigenvalue weighted by molar-refractivity contribution is 5.76. The molecule has 0 bridgehead atoms. The van der Waals surface area contributed by atoms with Gasteiger partial charge in [-0.15, -0.1) is 0 Å². The minimum absolute atomic E-state index is 0.859. The van der Waals surface area contributed by atoms with Gasteiger partial charge < -0.3 is 9.47 Å². The number of rotatable bonds is 3. The van der Waals surface area contributed by atoms with Crippen LogP contribution in [-0.2, 0) is 19.1 Å². The topological polar surface area (TPSA) is 52.6 Å². The molecule has 0 aromatic heterocycles. The Morgan fingerprint density at radius 2 is 1.00 bits per heavy atom. The van der Waals surface area contributed by atoms with Crippen LogP contribution >= 0.6 is 0 Å². The zero-order chi connectivity index (χ0) is 14.7. The average Bonchev–Trinajstić information content (AvgIpc) is 2.14. The summed E-state index contributed by atoms with van der Waals surface area (Å²) in [6, 6.07) is 0. The van der Waals surface area contributed by atoms with Gasteiger partial charge in [0.25, 0.3) is 0 Å². The predicted octanol–water partition coefficient (Wildman–Crippen LogP) is 1.97. The number of esters is 2. The zero-order valence-electron chi connectivity index (χ0n) is 9.06.